The summed E-state index contributed by atoms with van der Waals surface area (Å²) in [5.74, 6) is 0.767. The lowest BCUT2D eigenvalue weighted by molar-refractivity contribution is 0.521. The standard InChI is InChI=1S/C12H19N5O2S2/c1-4-8-7-9-10(15-12(13)16-11(9)20-8)14-5-6-21(18,19)17(2)3/h7H,4-6H2,1-3H3,(H3,13,14,15,16). The van der Waals surface area contributed by atoms with Crippen molar-refractivity contribution in [2.75, 3.05) is 37.4 Å². The van der Waals surface area contributed by atoms with Crippen molar-refractivity contribution in [3.63, 3.8) is 0 Å². The minimum atomic E-state index is -3.23. The summed E-state index contributed by atoms with van der Waals surface area (Å²) in [5.41, 5.74) is 5.70. The van der Waals surface area contributed by atoms with Crippen molar-refractivity contribution in [2.24, 2.45) is 0 Å². The number of nitrogens with one attached hydrogen (secondary N) is 1. The van der Waals surface area contributed by atoms with Crippen molar-refractivity contribution in [3.05, 3.63) is 10.9 Å². The first-order chi connectivity index (χ1) is 9.83. The number of sulfonamides is 1. The lowest BCUT2D eigenvalue weighted by atomic mass is 10.3. The van der Waals surface area contributed by atoms with Crippen LogP contribution < -0.4 is 11.1 Å². The van der Waals surface area contributed by atoms with Crippen molar-refractivity contribution in [1.82, 2.24) is 14.3 Å². The van der Waals surface area contributed by atoms with Crippen LogP contribution in [0.3, 0.4) is 0 Å². The smallest absolute Gasteiger partial charge is 0.223 e. The summed E-state index contributed by atoms with van der Waals surface area (Å²) < 4.78 is 24.7. The van der Waals surface area contributed by atoms with Gasteiger partial charge in [0.2, 0.25) is 16.0 Å². The molecule has 0 saturated heterocycles. The summed E-state index contributed by atoms with van der Waals surface area (Å²) in [7, 11) is -0.199. The average molecular weight is 329 g/mol. The fourth-order valence-electron chi connectivity index (χ4n) is 1.78. The van der Waals surface area contributed by atoms with E-state index in [1.54, 1.807) is 11.3 Å². The van der Waals surface area contributed by atoms with E-state index < -0.39 is 10.0 Å². The molecule has 0 saturated carbocycles. The van der Waals surface area contributed by atoms with Gasteiger partial charge in [-0.05, 0) is 12.5 Å². The number of fused-ring (bicyclic) bond motifs is 1. The first kappa shape index (κ1) is 15.9. The molecule has 0 aliphatic heterocycles. The summed E-state index contributed by atoms with van der Waals surface area (Å²) in [6.45, 7) is 2.33. The summed E-state index contributed by atoms with van der Waals surface area (Å²) in [5, 5.41) is 3.93. The molecule has 0 spiro atoms. The molecule has 0 radical (unpaired) electrons. The number of nitrogens with zero attached hydrogens (tertiary/aromatic N) is 3. The highest BCUT2D eigenvalue weighted by molar-refractivity contribution is 7.89. The lowest BCUT2D eigenvalue weighted by Crippen LogP contribution is -2.28. The largest absolute Gasteiger partial charge is 0.368 e. The number of aromatic nitrogens is 2. The molecule has 2 rings (SSSR count). The molecule has 0 unspecified atom stereocenters. The van der Waals surface area contributed by atoms with Gasteiger partial charge in [-0.3, -0.25) is 0 Å². The molecule has 0 fully saturated rings. The van der Waals surface area contributed by atoms with Gasteiger partial charge in [0.15, 0.2) is 0 Å². The fourth-order valence-corrected chi connectivity index (χ4v) is 3.48. The van der Waals surface area contributed by atoms with Crippen molar-refractivity contribution in [2.45, 2.75) is 13.3 Å². The van der Waals surface area contributed by atoms with Gasteiger partial charge in [0, 0.05) is 25.5 Å². The number of thiophene rings is 1. The van der Waals surface area contributed by atoms with Crippen LogP contribution in [-0.4, -0.2) is 49.1 Å². The Kier molecular flexibility index (Phi) is 4.64. The first-order valence-corrected chi connectivity index (χ1v) is 8.96. The Morgan fingerprint density at radius 1 is 1.38 bits per heavy atom. The summed E-state index contributed by atoms with van der Waals surface area (Å²) in [6.07, 6.45) is 0.912. The molecule has 2 aromatic heterocycles. The molecule has 116 valence electrons. The van der Waals surface area contributed by atoms with Gasteiger partial charge in [-0.15, -0.1) is 11.3 Å². The van der Waals surface area contributed by atoms with Crippen LogP contribution in [0.1, 0.15) is 11.8 Å². The number of nitrogen functional groups attached to an aromatic ring is 1. The van der Waals surface area contributed by atoms with E-state index in [9.17, 15) is 8.42 Å². The number of hydrogen-bond acceptors (Lipinski definition) is 7. The second-order valence-corrected chi connectivity index (χ2v) is 8.16. The van der Waals surface area contributed by atoms with Crippen molar-refractivity contribution >= 4 is 43.3 Å². The molecule has 0 bridgehead atoms. The zero-order chi connectivity index (χ0) is 15.6. The molecule has 0 atom stereocenters. The van der Waals surface area contributed by atoms with E-state index >= 15 is 0 Å². The number of hydrogen-bond donors (Lipinski definition) is 2. The third-order valence-corrected chi connectivity index (χ3v) is 6.02. The quantitative estimate of drug-likeness (QED) is 0.824. The van der Waals surface area contributed by atoms with E-state index in [0.717, 1.165) is 16.6 Å². The average Bonchev–Trinajstić information content (AvgIpc) is 2.81. The van der Waals surface area contributed by atoms with E-state index in [1.165, 1.54) is 23.3 Å². The highest BCUT2D eigenvalue weighted by Crippen LogP contribution is 2.29. The van der Waals surface area contributed by atoms with Crippen LogP contribution >= 0.6 is 11.3 Å². The Balaban J connectivity index is 2.20. The van der Waals surface area contributed by atoms with Crippen LogP contribution in [0.5, 0.6) is 0 Å². The minimum absolute atomic E-state index is 0.00380. The minimum Gasteiger partial charge on any atom is -0.368 e. The first-order valence-electron chi connectivity index (χ1n) is 6.53. The molecule has 0 aliphatic rings. The van der Waals surface area contributed by atoms with Gasteiger partial charge in [0.05, 0.1) is 11.1 Å². The molecule has 0 aliphatic carbocycles. The molecule has 0 aromatic carbocycles. The van der Waals surface area contributed by atoms with Crippen LogP contribution in [0, 0.1) is 0 Å². The van der Waals surface area contributed by atoms with Crippen LogP contribution in [0.15, 0.2) is 6.07 Å². The number of anilines is 2. The van der Waals surface area contributed by atoms with E-state index in [4.69, 9.17) is 5.73 Å². The molecule has 9 heteroatoms. The Morgan fingerprint density at radius 3 is 2.71 bits per heavy atom. The van der Waals surface area contributed by atoms with Crippen LogP contribution in [-0.2, 0) is 16.4 Å². The molecule has 2 aromatic rings. The molecular weight excluding hydrogens is 310 g/mol. The van der Waals surface area contributed by atoms with Gasteiger partial charge in [0.25, 0.3) is 0 Å². The Morgan fingerprint density at radius 2 is 2.10 bits per heavy atom. The molecular formula is C12H19N5O2S2. The van der Waals surface area contributed by atoms with Gasteiger partial charge in [-0.1, -0.05) is 6.92 Å². The van der Waals surface area contributed by atoms with Gasteiger partial charge in [-0.25, -0.2) is 17.7 Å². The van der Waals surface area contributed by atoms with Crippen molar-refractivity contribution in [3.8, 4) is 0 Å². The Bertz CT molecular complexity index is 739. The normalized spacial score (nSPS) is 12.2. The molecule has 2 heterocycles. The third kappa shape index (κ3) is 3.60. The van der Waals surface area contributed by atoms with E-state index in [0.29, 0.717) is 5.82 Å². The van der Waals surface area contributed by atoms with E-state index in [2.05, 4.69) is 22.2 Å². The Labute approximate surface area is 128 Å². The zero-order valence-electron chi connectivity index (χ0n) is 12.3. The number of aryl methyl sites for hydroxylation is 1. The summed E-state index contributed by atoms with van der Waals surface area (Å²) in [4.78, 5) is 10.4. The third-order valence-electron chi connectivity index (χ3n) is 3.02. The van der Waals surface area contributed by atoms with Gasteiger partial charge in [-0.2, -0.15) is 4.98 Å². The maximum absolute atomic E-state index is 11.7. The summed E-state index contributed by atoms with van der Waals surface area (Å²) in [6, 6.07) is 2.02. The van der Waals surface area contributed by atoms with Gasteiger partial charge < -0.3 is 11.1 Å². The van der Waals surface area contributed by atoms with Gasteiger partial charge >= 0.3 is 0 Å². The summed E-state index contributed by atoms with van der Waals surface area (Å²) >= 11 is 1.57. The SMILES string of the molecule is CCc1cc2c(NCCS(=O)(=O)N(C)C)nc(N)nc2s1. The molecule has 21 heavy (non-hydrogen) atoms. The second kappa shape index (κ2) is 6.12. The zero-order valence-corrected chi connectivity index (χ0v) is 13.9. The highest BCUT2D eigenvalue weighted by atomic mass is 32.2. The fraction of sp³-hybridized carbons (Fsp3) is 0.500. The molecule has 7 nitrogen and oxygen atoms in total. The van der Waals surface area contributed by atoms with Crippen LogP contribution in [0.4, 0.5) is 11.8 Å². The number of rotatable bonds is 6. The predicted octanol–water partition coefficient (Wildman–Crippen LogP) is 1.14. The molecule has 3 N–H and O–H groups in total. The second-order valence-electron chi connectivity index (χ2n) is 4.74. The maximum Gasteiger partial charge on any atom is 0.223 e. The van der Waals surface area contributed by atoms with Crippen molar-refractivity contribution in [1.29, 1.82) is 0 Å². The number of nitrogens with two attached hydrogens (primary N) is 1. The van der Waals surface area contributed by atoms with Crippen LogP contribution in [0.25, 0.3) is 10.2 Å². The van der Waals surface area contributed by atoms with E-state index in [1.807, 2.05) is 6.07 Å². The van der Waals surface area contributed by atoms with Gasteiger partial charge in [0.1, 0.15) is 10.6 Å². The highest BCUT2D eigenvalue weighted by Gasteiger charge is 2.14. The van der Waals surface area contributed by atoms with Crippen LogP contribution in [0.2, 0.25) is 0 Å². The topological polar surface area (TPSA) is 101 Å². The monoisotopic (exact) mass is 329 g/mol. The van der Waals surface area contributed by atoms with Crippen molar-refractivity contribution < 1.29 is 8.42 Å². The Hall–Kier alpha value is -1.45. The molecule has 0 amide bonds. The lowest BCUT2D eigenvalue weighted by Gasteiger charge is -2.12. The predicted molar refractivity (Wildman–Crippen MR) is 87.2 cm³/mol. The van der Waals surface area contributed by atoms with E-state index in [-0.39, 0.29) is 18.2 Å². The maximum atomic E-state index is 11.7.